The minimum absolute atomic E-state index is 0.276. The SMILES string of the molecule is CC(C)Cc1cccc(C(NN)c2ccc(Br)cc2F)c1. The average Bonchev–Trinajstić information content (AvgIpc) is 2.41. The molecular formula is C17H20BrFN2. The van der Waals surface area contributed by atoms with Crippen molar-refractivity contribution in [2.75, 3.05) is 0 Å². The molecule has 1 atom stereocenters. The lowest BCUT2D eigenvalue weighted by Crippen LogP contribution is -2.29. The van der Waals surface area contributed by atoms with Crippen molar-refractivity contribution >= 4 is 15.9 Å². The molecule has 21 heavy (non-hydrogen) atoms. The van der Waals surface area contributed by atoms with Gasteiger partial charge in [0, 0.05) is 10.0 Å². The Morgan fingerprint density at radius 2 is 1.95 bits per heavy atom. The van der Waals surface area contributed by atoms with E-state index in [2.05, 4.69) is 47.3 Å². The molecule has 0 spiro atoms. The molecule has 0 aliphatic carbocycles. The van der Waals surface area contributed by atoms with Crippen LogP contribution in [-0.2, 0) is 6.42 Å². The lowest BCUT2D eigenvalue weighted by Gasteiger charge is -2.19. The molecule has 0 amide bonds. The number of hydrazine groups is 1. The third-order valence-electron chi connectivity index (χ3n) is 3.37. The van der Waals surface area contributed by atoms with Crippen LogP contribution >= 0.6 is 15.9 Å². The Kier molecular flexibility index (Phi) is 5.51. The number of halogens is 2. The molecule has 0 aliphatic rings. The van der Waals surface area contributed by atoms with E-state index in [0.717, 1.165) is 12.0 Å². The van der Waals surface area contributed by atoms with Crippen molar-refractivity contribution in [3.63, 3.8) is 0 Å². The first kappa shape index (κ1) is 16.1. The number of hydrogen-bond acceptors (Lipinski definition) is 2. The summed E-state index contributed by atoms with van der Waals surface area (Å²) in [5.41, 5.74) is 5.47. The van der Waals surface area contributed by atoms with Crippen molar-refractivity contribution in [2.24, 2.45) is 11.8 Å². The van der Waals surface area contributed by atoms with E-state index < -0.39 is 0 Å². The molecule has 112 valence electrons. The summed E-state index contributed by atoms with van der Waals surface area (Å²) in [5, 5.41) is 0. The van der Waals surface area contributed by atoms with E-state index in [-0.39, 0.29) is 11.9 Å². The highest BCUT2D eigenvalue weighted by Crippen LogP contribution is 2.27. The zero-order valence-electron chi connectivity index (χ0n) is 12.2. The molecule has 3 N–H and O–H groups in total. The van der Waals surface area contributed by atoms with Crippen molar-refractivity contribution in [1.82, 2.24) is 5.43 Å². The quantitative estimate of drug-likeness (QED) is 0.621. The van der Waals surface area contributed by atoms with Crippen LogP contribution in [0, 0.1) is 11.7 Å². The van der Waals surface area contributed by atoms with Gasteiger partial charge in [0.05, 0.1) is 6.04 Å². The van der Waals surface area contributed by atoms with Crippen molar-refractivity contribution in [3.05, 3.63) is 69.4 Å². The number of benzene rings is 2. The smallest absolute Gasteiger partial charge is 0.129 e. The maximum absolute atomic E-state index is 14.2. The summed E-state index contributed by atoms with van der Waals surface area (Å²) < 4.78 is 14.9. The average molecular weight is 351 g/mol. The van der Waals surface area contributed by atoms with E-state index in [9.17, 15) is 4.39 Å². The highest BCUT2D eigenvalue weighted by atomic mass is 79.9. The summed E-state index contributed by atoms with van der Waals surface area (Å²) in [4.78, 5) is 0. The Labute approximate surface area is 133 Å². The summed E-state index contributed by atoms with van der Waals surface area (Å²) in [7, 11) is 0. The summed E-state index contributed by atoms with van der Waals surface area (Å²) in [6.45, 7) is 4.36. The van der Waals surface area contributed by atoms with E-state index in [1.807, 2.05) is 18.2 Å². The summed E-state index contributed by atoms with van der Waals surface area (Å²) in [6, 6.07) is 12.8. The van der Waals surface area contributed by atoms with E-state index in [1.165, 1.54) is 11.6 Å². The molecule has 0 fully saturated rings. The normalized spacial score (nSPS) is 12.7. The van der Waals surface area contributed by atoms with E-state index in [4.69, 9.17) is 5.84 Å². The third-order valence-corrected chi connectivity index (χ3v) is 3.86. The van der Waals surface area contributed by atoms with Gasteiger partial charge in [0.1, 0.15) is 5.82 Å². The third kappa shape index (κ3) is 4.13. The first-order chi connectivity index (χ1) is 10.0. The molecule has 2 nitrogen and oxygen atoms in total. The first-order valence-electron chi connectivity index (χ1n) is 7.01. The largest absolute Gasteiger partial charge is 0.271 e. The predicted octanol–water partition coefficient (Wildman–Crippen LogP) is 4.34. The van der Waals surface area contributed by atoms with Crippen LogP contribution in [0.1, 0.15) is 36.6 Å². The maximum atomic E-state index is 14.2. The second-order valence-corrected chi connectivity index (χ2v) is 6.52. The monoisotopic (exact) mass is 350 g/mol. The van der Waals surface area contributed by atoms with Gasteiger partial charge in [0.2, 0.25) is 0 Å². The van der Waals surface area contributed by atoms with Crippen LogP contribution in [0.25, 0.3) is 0 Å². The molecule has 2 aromatic rings. The lowest BCUT2D eigenvalue weighted by atomic mass is 9.94. The molecule has 0 saturated heterocycles. The van der Waals surface area contributed by atoms with Crippen LogP contribution in [0.15, 0.2) is 46.9 Å². The van der Waals surface area contributed by atoms with Crippen LogP contribution in [0.3, 0.4) is 0 Å². The Balaban J connectivity index is 2.37. The Bertz CT molecular complexity index is 613. The Morgan fingerprint density at radius 3 is 2.57 bits per heavy atom. The minimum Gasteiger partial charge on any atom is -0.271 e. The molecule has 2 rings (SSSR count). The van der Waals surface area contributed by atoms with Gasteiger partial charge >= 0.3 is 0 Å². The zero-order valence-corrected chi connectivity index (χ0v) is 13.8. The lowest BCUT2D eigenvalue weighted by molar-refractivity contribution is 0.558. The second-order valence-electron chi connectivity index (χ2n) is 5.61. The molecule has 0 aliphatic heterocycles. The Hall–Kier alpha value is -1.23. The fourth-order valence-corrected chi connectivity index (χ4v) is 2.81. The molecule has 2 aromatic carbocycles. The molecule has 0 bridgehead atoms. The first-order valence-corrected chi connectivity index (χ1v) is 7.80. The van der Waals surface area contributed by atoms with Crippen LogP contribution in [0.2, 0.25) is 0 Å². The van der Waals surface area contributed by atoms with E-state index in [0.29, 0.717) is 16.0 Å². The van der Waals surface area contributed by atoms with Gasteiger partial charge in [0.15, 0.2) is 0 Å². The molecule has 4 heteroatoms. The number of rotatable bonds is 5. The Morgan fingerprint density at radius 1 is 1.19 bits per heavy atom. The fourth-order valence-electron chi connectivity index (χ4n) is 2.47. The van der Waals surface area contributed by atoms with Crippen LogP contribution in [-0.4, -0.2) is 0 Å². The summed E-state index contributed by atoms with van der Waals surface area (Å²) in [5.74, 6) is 5.97. The highest BCUT2D eigenvalue weighted by molar-refractivity contribution is 9.10. The fraction of sp³-hybridized carbons (Fsp3) is 0.294. The number of hydrogen-bond donors (Lipinski definition) is 2. The van der Waals surface area contributed by atoms with E-state index in [1.54, 1.807) is 6.07 Å². The maximum Gasteiger partial charge on any atom is 0.129 e. The van der Waals surface area contributed by atoms with Gasteiger partial charge in [-0.05, 0) is 35.6 Å². The van der Waals surface area contributed by atoms with Gasteiger partial charge in [-0.2, -0.15) is 0 Å². The molecule has 0 heterocycles. The summed E-state index contributed by atoms with van der Waals surface area (Å²) >= 11 is 3.27. The van der Waals surface area contributed by atoms with Crippen molar-refractivity contribution in [1.29, 1.82) is 0 Å². The highest BCUT2D eigenvalue weighted by Gasteiger charge is 2.17. The van der Waals surface area contributed by atoms with Crippen LogP contribution < -0.4 is 11.3 Å². The van der Waals surface area contributed by atoms with Crippen LogP contribution in [0.4, 0.5) is 4.39 Å². The van der Waals surface area contributed by atoms with E-state index >= 15 is 0 Å². The molecule has 0 saturated carbocycles. The van der Waals surface area contributed by atoms with Crippen molar-refractivity contribution < 1.29 is 4.39 Å². The minimum atomic E-state index is -0.356. The van der Waals surface area contributed by atoms with Gasteiger partial charge < -0.3 is 0 Å². The van der Waals surface area contributed by atoms with Gasteiger partial charge in [-0.1, -0.05) is 60.1 Å². The number of nitrogens with one attached hydrogen (secondary N) is 1. The standard InChI is InChI=1S/C17H20BrFN2/c1-11(2)8-12-4-3-5-13(9-12)17(21-20)15-7-6-14(18)10-16(15)19/h3-7,9-11,17,21H,8,20H2,1-2H3. The topological polar surface area (TPSA) is 38.0 Å². The molecule has 1 unspecified atom stereocenters. The van der Waals surface area contributed by atoms with Crippen molar-refractivity contribution in [2.45, 2.75) is 26.3 Å². The van der Waals surface area contributed by atoms with Gasteiger partial charge in [-0.25, -0.2) is 9.82 Å². The summed E-state index contributed by atoms with van der Waals surface area (Å²) in [6.07, 6.45) is 0.994. The molecular weight excluding hydrogens is 331 g/mol. The van der Waals surface area contributed by atoms with Crippen molar-refractivity contribution in [3.8, 4) is 0 Å². The molecule has 0 aromatic heterocycles. The van der Waals surface area contributed by atoms with Gasteiger partial charge in [-0.3, -0.25) is 5.84 Å². The van der Waals surface area contributed by atoms with Gasteiger partial charge in [0.25, 0.3) is 0 Å². The predicted molar refractivity (Wildman–Crippen MR) is 88.3 cm³/mol. The molecule has 0 radical (unpaired) electrons. The van der Waals surface area contributed by atoms with Crippen LogP contribution in [0.5, 0.6) is 0 Å². The van der Waals surface area contributed by atoms with Gasteiger partial charge in [-0.15, -0.1) is 0 Å². The number of nitrogens with two attached hydrogens (primary N) is 1. The second kappa shape index (κ2) is 7.16. The zero-order chi connectivity index (χ0) is 15.4.